The van der Waals surface area contributed by atoms with Crippen molar-refractivity contribution in [3.8, 4) is 11.4 Å². The number of H-pyrrole nitrogens is 1. The SMILES string of the molecule is COC(=O)c1c(S(C)(=O)=O)nc(-c2cc#ccc2)[nH]c1=O. The molecule has 0 aliphatic rings. The number of sulfone groups is 1. The van der Waals surface area contributed by atoms with Crippen LogP contribution in [0.15, 0.2) is 28.0 Å². The van der Waals surface area contributed by atoms with Crippen molar-refractivity contribution in [2.24, 2.45) is 0 Å². The van der Waals surface area contributed by atoms with Crippen LogP contribution in [-0.2, 0) is 14.6 Å². The van der Waals surface area contributed by atoms with E-state index in [9.17, 15) is 18.0 Å². The van der Waals surface area contributed by atoms with Crippen molar-refractivity contribution >= 4 is 15.8 Å². The summed E-state index contributed by atoms with van der Waals surface area (Å²) in [5.41, 5.74) is -1.09. The van der Waals surface area contributed by atoms with Crippen LogP contribution in [0.2, 0.25) is 0 Å². The van der Waals surface area contributed by atoms with Gasteiger partial charge in [-0.15, -0.1) is 0 Å². The van der Waals surface area contributed by atoms with Gasteiger partial charge in [0.25, 0.3) is 5.56 Å². The second-order valence-corrected chi connectivity index (χ2v) is 6.01. The quantitative estimate of drug-likeness (QED) is 0.642. The first-order valence-corrected chi connectivity index (χ1v) is 7.54. The summed E-state index contributed by atoms with van der Waals surface area (Å²) in [5.74, 6) is -1.05. The molecule has 21 heavy (non-hydrogen) atoms. The summed E-state index contributed by atoms with van der Waals surface area (Å²) in [7, 11) is -2.85. The third-order valence-corrected chi connectivity index (χ3v) is 3.56. The Balaban J connectivity index is 2.79. The monoisotopic (exact) mass is 306 g/mol. The molecule has 0 amide bonds. The molecule has 1 heterocycles. The zero-order valence-corrected chi connectivity index (χ0v) is 11.9. The van der Waals surface area contributed by atoms with Crippen LogP contribution in [0, 0.1) is 12.1 Å². The normalized spacial score (nSPS) is 10.8. The van der Waals surface area contributed by atoms with Crippen LogP contribution in [0.5, 0.6) is 0 Å². The van der Waals surface area contributed by atoms with Crippen molar-refractivity contribution in [2.45, 2.75) is 5.03 Å². The number of hydrogen-bond donors (Lipinski definition) is 1. The number of nitrogens with zero attached hydrogens (tertiary/aromatic N) is 1. The van der Waals surface area contributed by atoms with Gasteiger partial charge in [-0.25, -0.2) is 18.2 Å². The van der Waals surface area contributed by atoms with E-state index in [1.165, 1.54) is 12.1 Å². The molecule has 108 valence electrons. The molecule has 2 rings (SSSR count). The lowest BCUT2D eigenvalue weighted by molar-refractivity contribution is 0.0593. The van der Waals surface area contributed by atoms with Gasteiger partial charge in [-0.2, -0.15) is 0 Å². The minimum absolute atomic E-state index is 0.0123. The van der Waals surface area contributed by atoms with Gasteiger partial charge in [0, 0.05) is 11.8 Å². The molecule has 0 spiro atoms. The number of methoxy groups -OCH3 is 1. The summed E-state index contributed by atoms with van der Waals surface area (Å²) in [6.07, 6.45) is 0.857. The summed E-state index contributed by atoms with van der Waals surface area (Å²) in [5, 5.41) is -0.624. The molecular weight excluding hydrogens is 296 g/mol. The zero-order valence-electron chi connectivity index (χ0n) is 11.1. The fraction of sp³-hybridized carbons (Fsp3) is 0.154. The van der Waals surface area contributed by atoms with Gasteiger partial charge in [0.2, 0.25) is 0 Å². The van der Waals surface area contributed by atoms with Gasteiger partial charge < -0.3 is 9.72 Å². The summed E-state index contributed by atoms with van der Waals surface area (Å²) in [6.45, 7) is 0. The number of aromatic nitrogens is 2. The number of esters is 1. The number of ether oxygens (including phenoxy) is 1. The van der Waals surface area contributed by atoms with E-state index < -0.39 is 32.0 Å². The van der Waals surface area contributed by atoms with E-state index in [0.29, 0.717) is 5.56 Å². The van der Waals surface area contributed by atoms with Crippen LogP contribution in [0.4, 0.5) is 0 Å². The standard InChI is InChI=1S/C13H10N2O5S/c1-20-13(17)9-11(16)14-10(8-6-4-3-5-7-8)15-12(9)21(2,18)19/h4,6-7H,1-2H3,(H,14,15,16). The minimum Gasteiger partial charge on any atom is -0.465 e. The number of carbonyl (C=O) groups is 1. The molecule has 0 radical (unpaired) electrons. The molecule has 0 unspecified atom stereocenters. The number of carbonyl (C=O) groups excluding carboxylic acids is 1. The Morgan fingerprint density at radius 3 is 2.62 bits per heavy atom. The van der Waals surface area contributed by atoms with Gasteiger partial charge in [-0.3, -0.25) is 4.79 Å². The highest BCUT2D eigenvalue weighted by Crippen LogP contribution is 2.16. The summed E-state index contributed by atoms with van der Waals surface area (Å²) in [4.78, 5) is 29.8. The molecule has 1 aromatic heterocycles. The fourth-order valence-electron chi connectivity index (χ4n) is 1.63. The number of nitrogens with one attached hydrogen (secondary N) is 1. The van der Waals surface area contributed by atoms with Crippen molar-refractivity contribution in [1.82, 2.24) is 9.97 Å². The minimum atomic E-state index is -3.89. The van der Waals surface area contributed by atoms with Crippen molar-refractivity contribution < 1.29 is 17.9 Å². The van der Waals surface area contributed by atoms with Crippen molar-refractivity contribution in [3.63, 3.8) is 0 Å². The Labute approximate surface area is 120 Å². The van der Waals surface area contributed by atoms with Crippen LogP contribution in [0.3, 0.4) is 0 Å². The second-order valence-electron chi connectivity index (χ2n) is 4.08. The Morgan fingerprint density at radius 1 is 1.38 bits per heavy atom. The summed E-state index contributed by atoms with van der Waals surface area (Å²) in [6, 6.07) is 9.90. The molecule has 0 aliphatic carbocycles. The Bertz CT molecular complexity index is 841. The van der Waals surface area contributed by atoms with Crippen molar-refractivity contribution in [3.05, 3.63) is 46.2 Å². The molecule has 2 aromatic rings. The lowest BCUT2D eigenvalue weighted by Gasteiger charge is -2.07. The second kappa shape index (κ2) is 5.38. The van der Waals surface area contributed by atoms with Crippen LogP contribution >= 0.6 is 0 Å². The van der Waals surface area contributed by atoms with Crippen LogP contribution in [-0.4, -0.2) is 37.7 Å². The average molecular weight is 306 g/mol. The third kappa shape index (κ3) is 2.93. The van der Waals surface area contributed by atoms with Crippen LogP contribution < -0.4 is 5.56 Å². The largest absolute Gasteiger partial charge is 0.465 e. The maximum absolute atomic E-state index is 12.0. The van der Waals surface area contributed by atoms with E-state index in [2.05, 4.69) is 26.8 Å². The predicted octanol–water partition coefficient (Wildman–Crippen LogP) is 0.227. The zero-order chi connectivity index (χ0) is 15.6. The molecule has 0 saturated carbocycles. The topological polar surface area (TPSA) is 106 Å². The van der Waals surface area contributed by atoms with Gasteiger partial charge in [0.1, 0.15) is 5.82 Å². The molecule has 0 saturated heterocycles. The molecule has 7 nitrogen and oxygen atoms in total. The van der Waals surface area contributed by atoms with E-state index >= 15 is 0 Å². The summed E-state index contributed by atoms with van der Waals surface area (Å²) >= 11 is 0. The Kier molecular flexibility index (Phi) is 3.78. The maximum atomic E-state index is 12.0. The van der Waals surface area contributed by atoms with Gasteiger partial charge in [-0.1, -0.05) is 12.1 Å². The number of aromatic amines is 1. The number of rotatable bonds is 3. The van der Waals surface area contributed by atoms with Gasteiger partial charge in [-0.05, 0) is 18.2 Å². The third-order valence-electron chi connectivity index (χ3n) is 2.56. The molecule has 1 N–H and O–H groups in total. The highest BCUT2D eigenvalue weighted by atomic mass is 32.2. The van der Waals surface area contributed by atoms with E-state index in [4.69, 9.17) is 0 Å². The smallest absolute Gasteiger partial charge is 0.346 e. The first-order chi connectivity index (χ1) is 9.84. The molecule has 0 fully saturated rings. The first kappa shape index (κ1) is 14.7. The van der Waals surface area contributed by atoms with E-state index in [1.54, 1.807) is 6.07 Å². The molecule has 8 heteroatoms. The highest BCUT2D eigenvalue weighted by molar-refractivity contribution is 7.90. The fourth-order valence-corrected chi connectivity index (χ4v) is 2.44. The van der Waals surface area contributed by atoms with Gasteiger partial charge in [0.05, 0.1) is 7.11 Å². The Hall–Kier alpha value is -2.66. The van der Waals surface area contributed by atoms with E-state index in [-0.39, 0.29) is 5.82 Å². The molecular formula is C13H10N2O5S. The first-order valence-electron chi connectivity index (χ1n) is 5.65. The van der Waals surface area contributed by atoms with Gasteiger partial charge >= 0.3 is 5.97 Å². The maximum Gasteiger partial charge on any atom is 0.346 e. The molecule has 0 atom stereocenters. The average Bonchev–Trinajstić information content (AvgIpc) is 2.45. The van der Waals surface area contributed by atoms with Crippen LogP contribution in [0.1, 0.15) is 10.4 Å². The molecule has 0 aliphatic heterocycles. The Morgan fingerprint density at radius 2 is 2.10 bits per heavy atom. The number of hydrogen-bond acceptors (Lipinski definition) is 6. The summed E-state index contributed by atoms with van der Waals surface area (Å²) < 4.78 is 28.0. The van der Waals surface area contributed by atoms with Gasteiger partial charge in [0.15, 0.2) is 20.4 Å². The highest BCUT2D eigenvalue weighted by Gasteiger charge is 2.26. The van der Waals surface area contributed by atoms with Crippen molar-refractivity contribution in [2.75, 3.05) is 13.4 Å². The molecule has 0 bridgehead atoms. The predicted molar refractivity (Wildman–Crippen MR) is 72.4 cm³/mol. The van der Waals surface area contributed by atoms with E-state index in [1.807, 2.05) is 0 Å². The van der Waals surface area contributed by atoms with Crippen molar-refractivity contribution in [1.29, 1.82) is 0 Å². The van der Waals surface area contributed by atoms with E-state index in [0.717, 1.165) is 13.4 Å². The lowest BCUT2D eigenvalue weighted by atomic mass is 10.2. The lowest BCUT2D eigenvalue weighted by Crippen LogP contribution is -2.25. The van der Waals surface area contributed by atoms with Crippen LogP contribution in [0.25, 0.3) is 11.4 Å². The molecule has 1 aromatic carbocycles.